The minimum Gasteiger partial charge on any atom is -0.496 e. The lowest BCUT2D eigenvalue weighted by atomic mass is 10.0. The summed E-state index contributed by atoms with van der Waals surface area (Å²) in [5, 5.41) is 4.93. The van der Waals surface area contributed by atoms with Gasteiger partial charge in [0.1, 0.15) is 11.5 Å². The number of ether oxygens (including phenoxy) is 2. The van der Waals surface area contributed by atoms with E-state index in [4.69, 9.17) is 14.0 Å². The fraction of sp³-hybridized carbons (Fsp3) is 0.381. The number of H-pyrrole nitrogens is 1. The molecule has 0 amide bonds. The summed E-state index contributed by atoms with van der Waals surface area (Å²) >= 11 is 0. The van der Waals surface area contributed by atoms with Crippen LogP contribution in [0.5, 0.6) is 5.75 Å². The number of rotatable bonds is 4. The lowest BCUT2D eigenvalue weighted by Gasteiger charge is -2.13. The number of aryl methyl sites for hydroxylation is 2. The van der Waals surface area contributed by atoms with E-state index in [1.165, 1.54) is 0 Å². The highest BCUT2D eigenvalue weighted by atomic mass is 16.5. The van der Waals surface area contributed by atoms with Crippen LogP contribution in [-0.2, 0) is 11.3 Å². The predicted molar refractivity (Wildman–Crippen MR) is 108 cm³/mol. The van der Waals surface area contributed by atoms with Crippen molar-refractivity contribution in [3.8, 4) is 16.9 Å². The molecular weight excluding hydrogens is 372 g/mol. The van der Waals surface area contributed by atoms with Crippen LogP contribution in [0.3, 0.4) is 0 Å². The zero-order valence-electron chi connectivity index (χ0n) is 16.6. The van der Waals surface area contributed by atoms with E-state index in [0.29, 0.717) is 30.3 Å². The molecule has 1 aliphatic rings. The van der Waals surface area contributed by atoms with Gasteiger partial charge < -0.3 is 19.0 Å². The van der Waals surface area contributed by atoms with E-state index in [0.717, 1.165) is 52.0 Å². The number of imidazole rings is 1. The quantitative estimate of drug-likeness (QED) is 0.571. The third-order valence-corrected chi connectivity index (χ3v) is 5.68. The van der Waals surface area contributed by atoms with Gasteiger partial charge in [-0.05, 0) is 32.4 Å². The fourth-order valence-electron chi connectivity index (χ4n) is 4.26. The van der Waals surface area contributed by atoms with E-state index < -0.39 is 0 Å². The van der Waals surface area contributed by atoms with E-state index in [9.17, 15) is 4.79 Å². The molecule has 1 fully saturated rings. The first-order chi connectivity index (χ1) is 14.1. The van der Waals surface area contributed by atoms with Gasteiger partial charge in [0, 0.05) is 30.0 Å². The first kappa shape index (κ1) is 17.9. The zero-order chi connectivity index (χ0) is 20.1. The Balaban J connectivity index is 1.76. The maximum absolute atomic E-state index is 12.7. The molecule has 3 aromatic heterocycles. The number of pyridine rings is 1. The van der Waals surface area contributed by atoms with Crippen molar-refractivity contribution in [2.24, 2.45) is 5.92 Å². The summed E-state index contributed by atoms with van der Waals surface area (Å²) in [5.74, 6) is 1.74. The monoisotopic (exact) mass is 394 g/mol. The molecule has 0 spiro atoms. The Morgan fingerprint density at radius 1 is 1.34 bits per heavy atom. The van der Waals surface area contributed by atoms with Gasteiger partial charge >= 0.3 is 5.69 Å². The molecule has 1 unspecified atom stereocenters. The second-order valence-corrected chi connectivity index (χ2v) is 7.56. The van der Waals surface area contributed by atoms with Gasteiger partial charge in [0.05, 0.1) is 47.7 Å². The standard InChI is InChI=1S/C21H22N4O4/c1-11-19(12(2)29-24-11)15-6-16-14(7-18(15)27-3)20-17(8-22-16)23-21(26)25(20)9-13-4-5-28-10-13/h6-8,13H,4-5,9-10H2,1-3H3,(H,23,26). The van der Waals surface area contributed by atoms with Crippen LogP contribution in [0, 0.1) is 19.8 Å². The second-order valence-electron chi connectivity index (χ2n) is 7.56. The smallest absolute Gasteiger partial charge is 0.326 e. The van der Waals surface area contributed by atoms with Crippen LogP contribution in [0.4, 0.5) is 0 Å². The highest BCUT2D eigenvalue weighted by molar-refractivity contribution is 6.04. The Bertz CT molecular complexity index is 1260. The van der Waals surface area contributed by atoms with E-state index >= 15 is 0 Å². The molecule has 8 nitrogen and oxygen atoms in total. The Labute approximate surface area is 166 Å². The molecule has 150 valence electrons. The molecule has 29 heavy (non-hydrogen) atoms. The largest absolute Gasteiger partial charge is 0.496 e. The number of aromatic amines is 1. The van der Waals surface area contributed by atoms with Crippen LogP contribution >= 0.6 is 0 Å². The van der Waals surface area contributed by atoms with Gasteiger partial charge in [-0.25, -0.2) is 4.79 Å². The van der Waals surface area contributed by atoms with Gasteiger partial charge in [-0.15, -0.1) is 0 Å². The molecule has 1 aliphatic heterocycles. The molecule has 1 atom stereocenters. The van der Waals surface area contributed by atoms with Crippen molar-refractivity contribution in [1.82, 2.24) is 19.7 Å². The number of fused-ring (bicyclic) bond motifs is 3. The van der Waals surface area contributed by atoms with Gasteiger partial charge in [0.15, 0.2) is 0 Å². The Hall–Kier alpha value is -3.13. The molecule has 0 bridgehead atoms. The summed E-state index contributed by atoms with van der Waals surface area (Å²) in [5.41, 5.74) is 4.78. The molecular formula is C21H22N4O4. The van der Waals surface area contributed by atoms with Crippen LogP contribution in [0.2, 0.25) is 0 Å². The molecule has 4 heterocycles. The summed E-state index contributed by atoms with van der Waals surface area (Å²) in [6, 6.07) is 3.92. The van der Waals surface area contributed by atoms with Gasteiger partial charge in [-0.3, -0.25) is 9.55 Å². The average molecular weight is 394 g/mol. The van der Waals surface area contributed by atoms with Crippen molar-refractivity contribution in [2.45, 2.75) is 26.8 Å². The van der Waals surface area contributed by atoms with Crippen molar-refractivity contribution in [2.75, 3.05) is 20.3 Å². The lowest BCUT2D eigenvalue weighted by Crippen LogP contribution is -2.21. The normalized spacial score (nSPS) is 16.9. The molecule has 1 N–H and O–H groups in total. The minimum absolute atomic E-state index is 0.130. The van der Waals surface area contributed by atoms with Gasteiger partial charge in [0.2, 0.25) is 0 Å². The summed E-state index contributed by atoms with van der Waals surface area (Å²) in [6.07, 6.45) is 2.67. The summed E-state index contributed by atoms with van der Waals surface area (Å²) in [4.78, 5) is 20.2. The molecule has 0 radical (unpaired) electrons. The van der Waals surface area contributed by atoms with E-state index in [-0.39, 0.29) is 5.69 Å². The Morgan fingerprint density at radius 3 is 2.90 bits per heavy atom. The van der Waals surface area contributed by atoms with E-state index in [1.54, 1.807) is 17.9 Å². The fourth-order valence-corrected chi connectivity index (χ4v) is 4.26. The number of nitrogens with one attached hydrogen (secondary N) is 1. The van der Waals surface area contributed by atoms with Crippen molar-refractivity contribution in [1.29, 1.82) is 0 Å². The summed E-state index contributed by atoms with van der Waals surface area (Å²) in [7, 11) is 1.64. The van der Waals surface area contributed by atoms with Crippen LogP contribution in [0.15, 0.2) is 27.6 Å². The summed E-state index contributed by atoms with van der Waals surface area (Å²) in [6.45, 7) is 5.83. The SMILES string of the molecule is COc1cc2c(cc1-c1c(C)noc1C)ncc1[nH]c(=O)n(CC3CCOC3)c12. The van der Waals surface area contributed by atoms with E-state index in [1.807, 2.05) is 26.0 Å². The van der Waals surface area contributed by atoms with Crippen molar-refractivity contribution >= 4 is 21.9 Å². The van der Waals surface area contributed by atoms with Crippen LogP contribution in [0.25, 0.3) is 33.1 Å². The number of aromatic nitrogens is 4. The topological polar surface area (TPSA) is 95.2 Å². The molecule has 0 saturated carbocycles. The molecule has 8 heteroatoms. The lowest BCUT2D eigenvalue weighted by molar-refractivity contribution is 0.182. The predicted octanol–water partition coefficient (Wildman–Crippen LogP) is 3.19. The minimum atomic E-state index is -0.130. The third-order valence-electron chi connectivity index (χ3n) is 5.68. The molecule has 0 aliphatic carbocycles. The Kier molecular flexibility index (Phi) is 4.16. The van der Waals surface area contributed by atoms with Crippen molar-refractivity contribution in [3.63, 3.8) is 0 Å². The number of nitrogens with zero attached hydrogens (tertiary/aromatic N) is 3. The first-order valence-corrected chi connectivity index (χ1v) is 9.67. The zero-order valence-corrected chi connectivity index (χ0v) is 16.6. The third kappa shape index (κ3) is 2.82. The number of benzene rings is 1. The molecule has 1 aromatic carbocycles. The van der Waals surface area contributed by atoms with Crippen LogP contribution in [0.1, 0.15) is 17.9 Å². The summed E-state index contributed by atoms with van der Waals surface area (Å²) < 4.78 is 18.3. The average Bonchev–Trinajstić information content (AvgIpc) is 3.42. The number of hydrogen-bond donors (Lipinski definition) is 1. The molecule has 5 rings (SSSR count). The van der Waals surface area contributed by atoms with Crippen LogP contribution in [-0.4, -0.2) is 40.0 Å². The number of methoxy groups -OCH3 is 1. The van der Waals surface area contributed by atoms with Crippen molar-refractivity contribution in [3.05, 3.63) is 40.3 Å². The molecule has 4 aromatic rings. The maximum Gasteiger partial charge on any atom is 0.326 e. The Morgan fingerprint density at radius 2 is 2.21 bits per heavy atom. The van der Waals surface area contributed by atoms with E-state index in [2.05, 4.69) is 15.1 Å². The maximum atomic E-state index is 12.7. The highest BCUT2D eigenvalue weighted by Crippen LogP contribution is 2.38. The van der Waals surface area contributed by atoms with Gasteiger partial charge in [-0.1, -0.05) is 5.16 Å². The van der Waals surface area contributed by atoms with Crippen molar-refractivity contribution < 1.29 is 14.0 Å². The second kappa shape index (κ2) is 6.73. The molecule has 1 saturated heterocycles. The number of hydrogen-bond acceptors (Lipinski definition) is 6. The first-order valence-electron chi connectivity index (χ1n) is 9.67. The van der Waals surface area contributed by atoms with Gasteiger partial charge in [0.25, 0.3) is 0 Å². The van der Waals surface area contributed by atoms with Crippen LogP contribution < -0.4 is 10.4 Å². The highest BCUT2D eigenvalue weighted by Gasteiger charge is 2.22. The van der Waals surface area contributed by atoms with Gasteiger partial charge in [-0.2, -0.15) is 0 Å².